The summed E-state index contributed by atoms with van der Waals surface area (Å²) in [7, 11) is 0. The van der Waals surface area contributed by atoms with E-state index in [-0.39, 0.29) is 12.1 Å². The lowest BCUT2D eigenvalue weighted by Gasteiger charge is -2.61. The van der Waals surface area contributed by atoms with Gasteiger partial charge in [0.15, 0.2) is 0 Å². The smallest absolute Gasteiger partial charge is 0.306 e. The summed E-state index contributed by atoms with van der Waals surface area (Å²) in [6.07, 6.45) is 36.2. The van der Waals surface area contributed by atoms with E-state index >= 15 is 0 Å². The summed E-state index contributed by atoms with van der Waals surface area (Å²) in [4.78, 5) is 13.0. The average molecular weight is 681 g/mol. The van der Waals surface area contributed by atoms with Gasteiger partial charge in [-0.2, -0.15) is 0 Å². The molecular weight excluding hydrogens is 597 g/mol. The normalized spacial score (nSPS) is 34.7. The molecule has 11 atom stereocenters. The first-order valence-electron chi connectivity index (χ1n) is 22.3. The van der Waals surface area contributed by atoms with Crippen LogP contribution in [0, 0.1) is 64.1 Å². The van der Waals surface area contributed by atoms with Crippen LogP contribution in [0.5, 0.6) is 0 Å². The quantitative estimate of drug-likeness (QED) is 0.0685. The van der Waals surface area contributed by atoms with Gasteiger partial charge < -0.3 is 4.74 Å². The third-order valence-electron chi connectivity index (χ3n) is 15.9. The highest BCUT2D eigenvalue weighted by Crippen LogP contribution is 2.68. The molecule has 4 aliphatic carbocycles. The maximum Gasteiger partial charge on any atom is 0.306 e. The highest BCUT2D eigenvalue weighted by Gasteiger charge is 2.60. The van der Waals surface area contributed by atoms with E-state index in [0.29, 0.717) is 23.2 Å². The standard InChI is InChI=1S/C47H84O2/c1-9-10-11-12-13-14-15-16-17-18-19-20-21-36(4)22-29-45(48)49-40-30-32-46(7)39(34-40)25-26-41-43-28-27-42(47(43,8)33-31-44(41)46)38(6)24-23-37(5)35(2)3/h16-17,35-44H,9-15,18-34H2,1-8H3/t36?,37-,38+,39?,40?,41-,42+,43-,44-,46-,47+/m0/s1. The molecule has 0 aromatic rings. The number of esters is 1. The van der Waals surface area contributed by atoms with Gasteiger partial charge >= 0.3 is 5.97 Å². The lowest BCUT2D eigenvalue weighted by atomic mass is 9.44. The van der Waals surface area contributed by atoms with E-state index in [4.69, 9.17) is 4.74 Å². The fourth-order valence-electron chi connectivity index (χ4n) is 12.1. The molecule has 3 unspecified atom stereocenters. The lowest BCUT2D eigenvalue weighted by molar-refractivity contribution is -0.163. The second-order valence-corrected chi connectivity index (χ2v) is 19.5. The van der Waals surface area contributed by atoms with Crippen molar-refractivity contribution < 1.29 is 9.53 Å². The summed E-state index contributed by atoms with van der Waals surface area (Å²) < 4.78 is 6.22. The van der Waals surface area contributed by atoms with Crippen LogP contribution < -0.4 is 0 Å². The minimum atomic E-state index is 0.0779. The number of carbonyl (C=O) groups is 1. The highest BCUT2D eigenvalue weighted by molar-refractivity contribution is 5.69. The van der Waals surface area contributed by atoms with E-state index < -0.39 is 0 Å². The van der Waals surface area contributed by atoms with E-state index in [1.54, 1.807) is 0 Å². The van der Waals surface area contributed by atoms with Gasteiger partial charge in [-0.3, -0.25) is 4.79 Å². The molecule has 4 fully saturated rings. The lowest BCUT2D eigenvalue weighted by Crippen LogP contribution is -2.54. The summed E-state index contributed by atoms with van der Waals surface area (Å²) in [5, 5.41) is 0. The molecule has 2 heteroatoms. The van der Waals surface area contributed by atoms with Crippen molar-refractivity contribution >= 4 is 5.97 Å². The van der Waals surface area contributed by atoms with E-state index in [0.717, 1.165) is 66.6 Å². The van der Waals surface area contributed by atoms with E-state index in [1.165, 1.54) is 128 Å². The molecule has 2 nitrogen and oxygen atoms in total. The van der Waals surface area contributed by atoms with Crippen LogP contribution in [0.25, 0.3) is 0 Å². The van der Waals surface area contributed by atoms with Crippen molar-refractivity contribution in [2.45, 2.75) is 216 Å². The molecule has 0 aliphatic heterocycles. The molecule has 0 heterocycles. The van der Waals surface area contributed by atoms with Crippen LogP contribution in [0.3, 0.4) is 0 Å². The number of hydrogen-bond acceptors (Lipinski definition) is 2. The molecule has 0 amide bonds. The summed E-state index contributed by atoms with van der Waals surface area (Å²) in [5.41, 5.74) is 1.03. The fourth-order valence-corrected chi connectivity index (χ4v) is 12.1. The maximum atomic E-state index is 13.0. The SMILES string of the molecule is CCCCCCCCC=CCCCCC(C)CCC(=O)OC1CC[C@@]2(C)C(CC[C@H]3[C@@H]4CC[C@H]([C@H](C)CC[C@H](C)C(C)C)[C@@]4(C)CC[C@@H]32)C1. The number of hydrogen-bond donors (Lipinski definition) is 0. The van der Waals surface area contributed by atoms with Crippen LogP contribution in [0.1, 0.15) is 209 Å². The second kappa shape index (κ2) is 19.9. The van der Waals surface area contributed by atoms with Crippen LogP contribution in [0.15, 0.2) is 12.2 Å². The molecule has 0 saturated heterocycles. The summed E-state index contributed by atoms with van der Waals surface area (Å²) in [6.45, 7) is 19.9. The Hall–Kier alpha value is -0.790. The molecule has 0 aromatic carbocycles. The van der Waals surface area contributed by atoms with E-state index in [1.807, 2.05) is 0 Å². The topological polar surface area (TPSA) is 26.3 Å². The number of allylic oxidation sites excluding steroid dienone is 2. The molecule has 0 aromatic heterocycles. The first-order valence-corrected chi connectivity index (χ1v) is 22.3. The Morgan fingerprint density at radius 1 is 0.714 bits per heavy atom. The Bertz CT molecular complexity index is 983. The third-order valence-corrected chi connectivity index (χ3v) is 15.9. The Labute approximate surface area is 306 Å². The van der Waals surface area contributed by atoms with Crippen molar-refractivity contribution in [1.29, 1.82) is 0 Å². The highest BCUT2D eigenvalue weighted by atomic mass is 16.5. The van der Waals surface area contributed by atoms with Crippen molar-refractivity contribution in [3.8, 4) is 0 Å². The van der Waals surface area contributed by atoms with E-state index in [2.05, 4.69) is 67.5 Å². The van der Waals surface area contributed by atoms with Crippen molar-refractivity contribution in [2.24, 2.45) is 64.1 Å². The average Bonchev–Trinajstić information content (AvgIpc) is 3.44. The molecule has 4 aliphatic rings. The van der Waals surface area contributed by atoms with Crippen LogP contribution in [-0.2, 0) is 9.53 Å². The van der Waals surface area contributed by atoms with Gasteiger partial charge in [-0.15, -0.1) is 0 Å². The zero-order valence-electron chi connectivity index (χ0n) is 34.2. The molecule has 0 bridgehead atoms. The van der Waals surface area contributed by atoms with Gasteiger partial charge in [-0.05, 0) is 154 Å². The fraction of sp³-hybridized carbons (Fsp3) is 0.936. The van der Waals surface area contributed by atoms with Crippen LogP contribution in [0.2, 0.25) is 0 Å². The Balaban J connectivity index is 1.13. The number of carbonyl (C=O) groups excluding carboxylic acids is 1. The monoisotopic (exact) mass is 681 g/mol. The second-order valence-electron chi connectivity index (χ2n) is 19.5. The van der Waals surface area contributed by atoms with Crippen molar-refractivity contribution in [3.63, 3.8) is 0 Å². The molecular formula is C47H84O2. The molecule has 0 N–H and O–H groups in total. The van der Waals surface area contributed by atoms with Crippen molar-refractivity contribution in [3.05, 3.63) is 12.2 Å². The minimum Gasteiger partial charge on any atom is -0.462 e. The molecule has 4 rings (SSSR count). The molecule has 0 spiro atoms. The molecule has 0 radical (unpaired) electrons. The van der Waals surface area contributed by atoms with Gasteiger partial charge in [0, 0.05) is 6.42 Å². The molecule has 284 valence electrons. The van der Waals surface area contributed by atoms with Crippen molar-refractivity contribution in [1.82, 2.24) is 0 Å². The van der Waals surface area contributed by atoms with Gasteiger partial charge in [0.25, 0.3) is 0 Å². The van der Waals surface area contributed by atoms with Gasteiger partial charge in [-0.25, -0.2) is 0 Å². The summed E-state index contributed by atoms with van der Waals surface area (Å²) in [5.74, 6) is 7.69. The van der Waals surface area contributed by atoms with Gasteiger partial charge in [0.2, 0.25) is 0 Å². The zero-order valence-corrected chi connectivity index (χ0v) is 34.2. The Morgan fingerprint density at radius 2 is 1.39 bits per heavy atom. The summed E-state index contributed by atoms with van der Waals surface area (Å²) >= 11 is 0. The minimum absolute atomic E-state index is 0.0779. The predicted molar refractivity (Wildman–Crippen MR) is 211 cm³/mol. The van der Waals surface area contributed by atoms with E-state index in [9.17, 15) is 4.79 Å². The molecule has 49 heavy (non-hydrogen) atoms. The van der Waals surface area contributed by atoms with Crippen LogP contribution >= 0.6 is 0 Å². The zero-order chi connectivity index (χ0) is 35.4. The number of fused-ring (bicyclic) bond motifs is 5. The predicted octanol–water partition coefficient (Wildman–Crippen LogP) is 14.5. The van der Waals surface area contributed by atoms with Gasteiger partial charge in [0.05, 0.1) is 0 Å². The van der Waals surface area contributed by atoms with Crippen LogP contribution in [-0.4, -0.2) is 12.1 Å². The maximum absolute atomic E-state index is 13.0. The van der Waals surface area contributed by atoms with Gasteiger partial charge in [0.1, 0.15) is 6.10 Å². The van der Waals surface area contributed by atoms with Crippen molar-refractivity contribution in [2.75, 3.05) is 0 Å². The largest absolute Gasteiger partial charge is 0.462 e. The number of unbranched alkanes of at least 4 members (excludes halogenated alkanes) is 8. The molecule has 4 saturated carbocycles. The first-order chi connectivity index (χ1) is 23.5. The Kier molecular flexibility index (Phi) is 16.6. The Morgan fingerprint density at radius 3 is 2.12 bits per heavy atom. The number of ether oxygens (including phenoxy) is 1. The number of rotatable bonds is 21. The summed E-state index contributed by atoms with van der Waals surface area (Å²) in [6, 6.07) is 0. The van der Waals surface area contributed by atoms with Crippen LogP contribution in [0.4, 0.5) is 0 Å². The third kappa shape index (κ3) is 11.1. The van der Waals surface area contributed by atoms with Gasteiger partial charge in [-0.1, -0.05) is 125 Å². The first kappa shape index (κ1) is 41.0.